The van der Waals surface area contributed by atoms with Crippen LogP contribution in [0.1, 0.15) is 23.2 Å². The van der Waals surface area contributed by atoms with Gasteiger partial charge in [0.15, 0.2) is 5.78 Å². The van der Waals surface area contributed by atoms with Crippen molar-refractivity contribution >= 4 is 29.3 Å². The highest BCUT2D eigenvalue weighted by Gasteiger charge is 2.25. The molecule has 4 heteroatoms. The second-order valence-electron chi connectivity index (χ2n) is 4.64. The van der Waals surface area contributed by atoms with Crippen molar-refractivity contribution in [2.45, 2.75) is 24.2 Å². The molecule has 2 aliphatic rings. The molecule has 1 unspecified atom stereocenters. The van der Waals surface area contributed by atoms with Crippen LogP contribution in [0.15, 0.2) is 24.3 Å². The minimum Gasteiger partial charge on any atom is -0.490 e. The first kappa shape index (κ1) is 12.4. The van der Waals surface area contributed by atoms with Gasteiger partial charge in [-0.25, -0.2) is 0 Å². The molecule has 3 rings (SSSR count). The fourth-order valence-corrected chi connectivity index (χ4v) is 4.56. The third-order valence-corrected chi connectivity index (χ3v) is 5.81. The number of ketones is 1. The minimum atomic E-state index is 0.125. The number of carbonyl (C=O) groups excluding carboxylic acids is 1. The second-order valence-corrected chi connectivity index (χ2v) is 7.10. The van der Waals surface area contributed by atoms with Gasteiger partial charge in [0.05, 0.1) is 11.4 Å². The Hall–Kier alpha value is -0.610. The third kappa shape index (κ3) is 3.04. The van der Waals surface area contributed by atoms with E-state index in [1.165, 1.54) is 5.75 Å². The Bertz CT molecular complexity index is 437. The first-order valence-corrected chi connectivity index (χ1v) is 8.53. The summed E-state index contributed by atoms with van der Waals surface area (Å²) in [5.74, 6) is 4.29. The molecule has 0 aromatic heterocycles. The fourth-order valence-electron chi connectivity index (χ4n) is 1.93. The summed E-state index contributed by atoms with van der Waals surface area (Å²) in [6.07, 6.45) is 2.68. The van der Waals surface area contributed by atoms with Crippen molar-refractivity contribution in [1.29, 1.82) is 0 Å². The van der Waals surface area contributed by atoms with Gasteiger partial charge in [0.2, 0.25) is 0 Å². The molecule has 1 saturated carbocycles. The van der Waals surface area contributed by atoms with Gasteiger partial charge in [-0.2, -0.15) is 11.8 Å². The van der Waals surface area contributed by atoms with Crippen LogP contribution in [-0.2, 0) is 0 Å². The lowest BCUT2D eigenvalue weighted by molar-refractivity contribution is 0.0994. The summed E-state index contributed by atoms with van der Waals surface area (Å²) in [6.45, 7) is 0. The van der Waals surface area contributed by atoms with Crippen molar-refractivity contribution in [2.24, 2.45) is 0 Å². The molecule has 1 aromatic rings. The van der Waals surface area contributed by atoms with E-state index in [0.717, 1.165) is 35.7 Å². The quantitative estimate of drug-likeness (QED) is 0.791. The third-order valence-electron chi connectivity index (χ3n) is 3.05. The molecule has 1 atom stereocenters. The number of rotatable bonds is 4. The molecular formula is C14H16O2S2. The zero-order valence-corrected chi connectivity index (χ0v) is 11.8. The monoisotopic (exact) mass is 280 g/mol. The molecule has 1 aromatic carbocycles. The topological polar surface area (TPSA) is 26.3 Å². The summed E-state index contributed by atoms with van der Waals surface area (Å²) in [4.78, 5) is 12.4. The molecule has 96 valence electrons. The molecule has 0 bridgehead atoms. The van der Waals surface area contributed by atoms with E-state index in [0.29, 0.717) is 6.10 Å². The van der Waals surface area contributed by atoms with Gasteiger partial charge in [-0.1, -0.05) is 12.1 Å². The largest absolute Gasteiger partial charge is 0.490 e. The van der Waals surface area contributed by atoms with Gasteiger partial charge < -0.3 is 4.74 Å². The predicted octanol–water partition coefficient (Wildman–Crippen LogP) is 3.26. The highest BCUT2D eigenvalue weighted by atomic mass is 32.2. The van der Waals surface area contributed by atoms with E-state index in [2.05, 4.69) is 0 Å². The molecule has 2 nitrogen and oxygen atoms in total. The van der Waals surface area contributed by atoms with Crippen LogP contribution in [0.2, 0.25) is 0 Å². The van der Waals surface area contributed by atoms with E-state index < -0.39 is 0 Å². The first-order valence-electron chi connectivity index (χ1n) is 6.33. The number of benzene rings is 1. The molecule has 0 N–H and O–H groups in total. The van der Waals surface area contributed by atoms with Crippen LogP contribution >= 0.6 is 23.5 Å². The van der Waals surface area contributed by atoms with E-state index in [9.17, 15) is 4.79 Å². The van der Waals surface area contributed by atoms with Crippen molar-refractivity contribution in [3.05, 3.63) is 29.8 Å². The van der Waals surface area contributed by atoms with Crippen LogP contribution in [0.3, 0.4) is 0 Å². The molecule has 18 heavy (non-hydrogen) atoms. The molecule has 0 radical (unpaired) electrons. The average Bonchev–Trinajstić information content (AvgIpc) is 3.23. The summed E-state index contributed by atoms with van der Waals surface area (Å²) >= 11 is 3.66. The van der Waals surface area contributed by atoms with Gasteiger partial charge in [0.25, 0.3) is 0 Å². The standard InChI is InChI=1S/C14H16O2S2/c15-14(13-9-17-6-7-18-13)10-2-1-3-12(8-10)16-11-4-5-11/h1-3,8,11,13H,4-7,9H2. The van der Waals surface area contributed by atoms with Crippen molar-refractivity contribution in [3.63, 3.8) is 0 Å². The molecule has 1 aliphatic carbocycles. The van der Waals surface area contributed by atoms with Crippen LogP contribution < -0.4 is 4.74 Å². The number of hydrogen-bond donors (Lipinski definition) is 0. The Morgan fingerprint density at radius 1 is 1.28 bits per heavy atom. The van der Waals surface area contributed by atoms with Crippen molar-refractivity contribution in [2.75, 3.05) is 17.3 Å². The Labute approximate surface area is 116 Å². The Balaban J connectivity index is 1.71. The highest BCUT2D eigenvalue weighted by molar-refractivity contribution is 8.07. The van der Waals surface area contributed by atoms with E-state index in [1.54, 1.807) is 11.8 Å². The predicted molar refractivity (Wildman–Crippen MR) is 78.0 cm³/mol. The Kier molecular flexibility index (Phi) is 3.85. The van der Waals surface area contributed by atoms with Gasteiger partial charge in [0, 0.05) is 22.8 Å². The number of Topliss-reactive ketones (excluding diaryl/α,β-unsaturated/α-hetero) is 1. The van der Waals surface area contributed by atoms with Crippen molar-refractivity contribution in [1.82, 2.24) is 0 Å². The lowest BCUT2D eigenvalue weighted by Crippen LogP contribution is -2.24. The summed E-state index contributed by atoms with van der Waals surface area (Å²) in [6, 6.07) is 7.67. The van der Waals surface area contributed by atoms with Crippen LogP contribution in [0.5, 0.6) is 5.75 Å². The van der Waals surface area contributed by atoms with Crippen molar-refractivity contribution in [3.8, 4) is 5.75 Å². The summed E-state index contributed by atoms with van der Waals surface area (Å²) in [5.41, 5.74) is 0.799. The lowest BCUT2D eigenvalue weighted by atomic mass is 10.1. The van der Waals surface area contributed by atoms with Gasteiger partial charge in [-0.3, -0.25) is 4.79 Å². The maximum absolute atomic E-state index is 12.4. The molecule has 2 fully saturated rings. The van der Waals surface area contributed by atoms with Gasteiger partial charge >= 0.3 is 0 Å². The van der Waals surface area contributed by atoms with Crippen LogP contribution in [0.4, 0.5) is 0 Å². The van der Waals surface area contributed by atoms with E-state index in [-0.39, 0.29) is 11.0 Å². The van der Waals surface area contributed by atoms with Gasteiger partial charge in [-0.15, -0.1) is 11.8 Å². The Morgan fingerprint density at radius 2 is 2.17 bits per heavy atom. The number of ether oxygens (including phenoxy) is 1. The molecule has 0 amide bonds. The normalized spacial score (nSPS) is 23.7. The minimum absolute atomic E-state index is 0.125. The lowest BCUT2D eigenvalue weighted by Gasteiger charge is -2.19. The number of hydrogen-bond acceptors (Lipinski definition) is 4. The maximum atomic E-state index is 12.4. The molecule has 1 heterocycles. The fraction of sp³-hybridized carbons (Fsp3) is 0.500. The summed E-state index contributed by atoms with van der Waals surface area (Å²) < 4.78 is 5.74. The van der Waals surface area contributed by atoms with Crippen LogP contribution in [0.25, 0.3) is 0 Å². The maximum Gasteiger partial charge on any atom is 0.176 e. The van der Waals surface area contributed by atoms with E-state index >= 15 is 0 Å². The molecule has 1 aliphatic heterocycles. The van der Waals surface area contributed by atoms with Gasteiger partial charge in [0.1, 0.15) is 5.75 Å². The second kappa shape index (κ2) is 5.57. The zero-order chi connectivity index (χ0) is 12.4. The SMILES string of the molecule is O=C(c1cccc(OC2CC2)c1)C1CSCCS1. The van der Waals surface area contributed by atoms with Gasteiger partial charge in [-0.05, 0) is 25.0 Å². The Morgan fingerprint density at radius 3 is 2.89 bits per heavy atom. The van der Waals surface area contributed by atoms with Crippen LogP contribution in [0, 0.1) is 0 Å². The first-order chi connectivity index (χ1) is 8.83. The average molecular weight is 280 g/mol. The van der Waals surface area contributed by atoms with Crippen molar-refractivity contribution < 1.29 is 9.53 Å². The summed E-state index contributed by atoms with van der Waals surface area (Å²) in [7, 11) is 0. The molecule has 0 spiro atoms. The van der Waals surface area contributed by atoms with E-state index in [1.807, 2.05) is 36.0 Å². The highest BCUT2D eigenvalue weighted by Crippen LogP contribution is 2.30. The number of carbonyl (C=O) groups is 1. The number of thioether (sulfide) groups is 2. The van der Waals surface area contributed by atoms with E-state index in [4.69, 9.17) is 4.74 Å². The zero-order valence-electron chi connectivity index (χ0n) is 10.1. The molecule has 1 saturated heterocycles. The summed E-state index contributed by atoms with van der Waals surface area (Å²) in [5, 5.41) is 0.125. The smallest absolute Gasteiger partial charge is 0.176 e. The molecular weight excluding hydrogens is 264 g/mol. The van der Waals surface area contributed by atoms with Crippen LogP contribution in [-0.4, -0.2) is 34.4 Å².